The number of amides is 2. The van der Waals surface area contributed by atoms with E-state index < -0.39 is 6.10 Å². The van der Waals surface area contributed by atoms with Crippen LogP contribution in [0.15, 0.2) is 12.4 Å². The van der Waals surface area contributed by atoms with Gasteiger partial charge in [-0.1, -0.05) is 6.92 Å². The molecule has 2 aromatic heterocycles. The zero-order chi connectivity index (χ0) is 19.6. The molecule has 2 N–H and O–H groups in total. The third-order valence-corrected chi connectivity index (χ3v) is 5.45. The van der Waals surface area contributed by atoms with Gasteiger partial charge in [-0.3, -0.25) is 4.68 Å². The lowest BCUT2D eigenvalue weighted by Gasteiger charge is -2.34. The summed E-state index contributed by atoms with van der Waals surface area (Å²) in [7, 11) is 1.89. The largest absolute Gasteiger partial charge is 0.385 e. The van der Waals surface area contributed by atoms with Gasteiger partial charge in [0.05, 0.1) is 17.1 Å². The Hall–Kier alpha value is -2.35. The minimum absolute atomic E-state index is 0.0952. The van der Waals surface area contributed by atoms with E-state index in [1.165, 1.54) is 0 Å². The molecule has 1 saturated heterocycles. The average Bonchev–Trinajstić information content (AvgIpc) is 3.20. The fourth-order valence-corrected chi connectivity index (χ4v) is 3.78. The summed E-state index contributed by atoms with van der Waals surface area (Å²) in [5.74, 6) is 0.804. The predicted molar refractivity (Wildman–Crippen MR) is 103 cm³/mol. The molecule has 8 heteroatoms. The molecule has 0 spiro atoms. The van der Waals surface area contributed by atoms with Gasteiger partial charge in [0.2, 0.25) is 0 Å². The molecule has 1 atom stereocenters. The molecule has 148 valence electrons. The van der Waals surface area contributed by atoms with Gasteiger partial charge in [-0.25, -0.2) is 9.78 Å². The van der Waals surface area contributed by atoms with Crippen molar-refractivity contribution in [1.29, 1.82) is 0 Å². The van der Waals surface area contributed by atoms with Crippen LogP contribution in [-0.2, 0) is 13.6 Å². The van der Waals surface area contributed by atoms with Crippen LogP contribution in [0.25, 0.3) is 0 Å². The van der Waals surface area contributed by atoms with E-state index >= 15 is 0 Å². The van der Waals surface area contributed by atoms with Gasteiger partial charge in [-0.2, -0.15) is 5.10 Å². The number of aliphatic hydroxyl groups is 1. The molecule has 2 aromatic rings. The highest BCUT2D eigenvalue weighted by Crippen LogP contribution is 2.30. The third-order valence-electron chi connectivity index (χ3n) is 5.45. The molecule has 0 saturated carbocycles. The fourth-order valence-electron chi connectivity index (χ4n) is 3.78. The van der Waals surface area contributed by atoms with Crippen LogP contribution in [0.3, 0.4) is 0 Å². The van der Waals surface area contributed by atoms with E-state index in [-0.39, 0.29) is 11.9 Å². The number of nitrogens with zero attached hydrogens (tertiary/aromatic N) is 5. The number of aryl methyl sites for hydroxylation is 3. The number of hydrogen-bond acceptors (Lipinski definition) is 4. The molecule has 1 fully saturated rings. The van der Waals surface area contributed by atoms with Crippen molar-refractivity contribution in [3.05, 3.63) is 29.6 Å². The molecule has 0 radical (unpaired) electrons. The first-order valence-electron chi connectivity index (χ1n) is 9.67. The van der Waals surface area contributed by atoms with Crippen molar-refractivity contribution in [3.63, 3.8) is 0 Å². The smallest absolute Gasteiger partial charge is 0.321 e. The van der Waals surface area contributed by atoms with Crippen molar-refractivity contribution in [3.8, 4) is 0 Å². The van der Waals surface area contributed by atoms with Gasteiger partial charge in [0.25, 0.3) is 0 Å². The number of aromatic nitrogens is 4. The molecule has 1 unspecified atom stereocenters. The van der Waals surface area contributed by atoms with E-state index in [2.05, 4.69) is 22.3 Å². The number of carbonyl (C=O) groups excluding carboxylic acids is 1. The monoisotopic (exact) mass is 374 g/mol. The minimum Gasteiger partial charge on any atom is -0.385 e. The van der Waals surface area contributed by atoms with Crippen molar-refractivity contribution in [2.24, 2.45) is 13.0 Å². The van der Waals surface area contributed by atoms with Gasteiger partial charge in [-0.05, 0) is 39.0 Å². The molecule has 0 aromatic carbocycles. The molecule has 1 aliphatic rings. The molecule has 1 aliphatic heterocycles. The summed E-state index contributed by atoms with van der Waals surface area (Å²) < 4.78 is 3.80. The molecule has 3 rings (SSSR count). The summed E-state index contributed by atoms with van der Waals surface area (Å²) in [6.07, 6.45) is 5.46. The topological polar surface area (TPSA) is 88.2 Å². The number of anilines is 1. The van der Waals surface area contributed by atoms with Crippen molar-refractivity contribution in [2.45, 2.75) is 52.7 Å². The van der Waals surface area contributed by atoms with Crippen LogP contribution in [0.2, 0.25) is 0 Å². The van der Waals surface area contributed by atoms with Crippen LogP contribution in [0.4, 0.5) is 10.5 Å². The third kappa shape index (κ3) is 4.00. The van der Waals surface area contributed by atoms with Gasteiger partial charge in [0.1, 0.15) is 11.9 Å². The summed E-state index contributed by atoms with van der Waals surface area (Å²) in [5.41, 5.74) is 2.64. The highest BCUT2D eigenvalue weighted by Gasteiger charge is 2.30. The molecule has 3 heterocycles. The Morgan fingerprint density at radius 2 is 2.07 bits per heavy atom. The van der Waals surface area contributed by atoms with Crippen molar-refractivity contribution in [2.75, 3.05) is 18.4 Å². The van der Waals surface area contributed by atoms with Crippen LogP contribution in [-0.4, -0.2) is 48.5 Å². The maximum Gasteiger partial charge on any atom is 0.321 e. The Bertz CT molecular complexity index is 788. The van der Waals surface area contributed by atoms with Crippen molar-refractivity contribution >= 4 is 11.7 Å². The average molecular weight is 374 g/mol. The second-order valence-corrected chi connectivity index (χ2v) is 7.36. The predicted octanol–water partition coefficient (Wildman–Crippen LogP) is 2.62. The lowest BCUT2D eigenvalue weighted by molar-refractivity contribution is 0.0599. The second-order valence-electron chi connectivity index (χ2n) is 7.36. The number of piperidine rings is 1. The van der Waals surface area contributed by atoms with Gasteiger partial charge >= 0.3 is 6.03 Å². The number of carbonyl (C=O) groups is 1. The molecule has 0 bridgehead atoms. The SMILES string of the molecule is CCCn1nc(C)c(NC(=O)N2CCC(C(O)c3nccn3C)CC2)c1C. The highest BCUT2D eigenvalue weighted by atomic mass is 16.3. The van der Waals surface area contributed by atoms with E-state index in [4.69, 9.17) is 0 Å². The molecule has 8 nitrogen and oxygen atoms in total. The van der Waals surface area contributed by atoms with Crippen LogP contribution in [0.1, 0.15) is 49.5 Å². The van der Waals surface area contributed by atoms with E-state index in [0.717, 1.165) is 42.9 Å². The number of nitrogens with one attached hydrogen (secondary N) is 1. The van der Waals surface area contributed by atoms with Crippen LogP contribution >= 0.6 is 0 Å². The number of aliphatic hydroxyl groups excluding tert-OH is 1. The highest BCUT2D eigenvalue weighted by molar-refractivity contribution is 5.90. The zero-order valence-electron chi connectivity index (χ0n) is 16.6. The number of rotatable bonds is 5. The standard InChI is InChI=1S/C19H30N6O2/c1-5-9-25-14(3)16(13(2)22-25)21-19(27)24-10-6-15(7-11-24)17(26)18-20-8-12-23(18)4/h8,12,15,17,26H,5-7,9-11H2,1-4H3,(H,21,27). The van der Waals surface area contributed by atoms with E-state index in [9.17, 15) is 9.90 Å². The van der Waals surface area contributed by atoms with Crippen LogP contribution in [0.5, 0.6) is 0 Å². The Kier molecular flexibility index (Phi) is 5.84. The summed E-state index contributed by atoms with van der Waals surface area (Å²) >= 11 is 0. The number of hydrogen-bond donors (Lipinski definition) is 2. The normalized spacial score (nSPS) is 16.6. The Morgan fingerprint density at radius 1 is 1.37 bits per heavy atom. The quantitative estimate of drug-likeness (QED) is 0.842. The first-order chi connectivity index (χ1) is 12.9. The first kappa shape index (κ1) is 19.4. The minimum atomic E-state index is -0.591. The van der Waals surface area contributed by atoms with E-state index in [1.807, 2.05) is 41.2 Å². The zero-order valence-corrected chi connectivity index (χ0v) is 16.6. The van der Waals surface area contributed by atoms with E-state index in [1.54, 1.807) is 6.20 Å². The maximum atomic E-state index is 12.7. The second kappa shape index (κ2) is 8.12. The van der Waals surface area contributed by atoms with Gasteiger partial charge in [0.15, 0.2) is 0 Å². The molecule has 2 amide bonds. The number of imidazole rings is 1. The van der Waals surface area contributed by atoms with Gasteiger partial charge in [0, 0.05) is 39.1 Å². The lowest BCUT2D eigenvalue weighted by atomic mass is 9.91. The summed E-state index contributed by atoms with van der Waals surface area (Å²) in [6, 6.07) is -0.0952. The Morgan fingerprint density at radius 3 is 2.67 bits per heavy atom. The Labute approximate surface area is 160 Å². The van der Waals surface area contributed by atoms with E-state index in [0.29, 0.717) is 18.9 Å². The molecule has 0 aliphatic carbocycles. The summed E-state index contributed by atoms with van der Waals surface area (Å²) in [6.45, 7) is 8.11. The van der Waals surface area contributed by atoms with Crippen LogP contribution in [0, 0.1) is 19.8 Å². The van der Waals surface area contributed by atoms with Gasteiger partial charge in [-0.15, -0.1) is 0 Å². The summed E-state index contributed by atoms with van der Waals surface area (Å²) in [5, 5.41) is 18.1. The lowest BCUT2D eigenvalue weighted by Crippen LogP contribution is -2.42. The summed E-state index contributed by atoms with van der Waals surface area (Å²) in [4.78, 5) is 18.8. The van der Waals surface area contributed by atoms with Crippen LogP contribution < -0.4 is 5.32 Å². The van der Waals surface area contributed by atoms with Crippen molar-refractivity contribution in [1.82, 2.24) is 24.2 Å². The first-order valence-corrected chi connectivity index (χ1v) is 9.67. The molecular weight excluding hydrogens is 344 g/mol. The van der Waals surface area contributed by atoms with Crippen molar-refractivity contribution < 1.29 is 9.90 Å². The maximum absolute atomic E-state index is 12.7. The fraction of sp³-hybridized carbons (Fsp3) is 0.632. The number of urea groups is 1. The molecular formula is C19H30N6O2. The number of likely N-dealkylation sites (tertiary alicyclic amines) is 1. The van der Waals surface area contributed by atoms with Gasteiger partial charge < -0.3 is 19.9 Å². The molecule has 27 heavy (non-hydrogen) atoms. The Balaban J connectivity index is 1.58.